The molecule has 1 fully saturated rings. The van der Waals surface area contributed by atoms with Gasteiger partial charge in [0.05, 0.1) is 5.69 Å². The molecule has 8 heteroatoms. The molecule has 0 spiro atoms. The van der Waals surface area contributed by atoms with Crippen molar-refractivity contribution in [1.82, 2.24) is 14.8 Å². The number of pyridine rings is 1. The number of aromatic nitrogens is 1. The van der Waals surface area contributed by atoms with Crippen molar-refractivity contribution in [2.75, 3.05) is 48.3 Å². The van der Waals surface area contributed by atoms with E-state index in [4.69, 9.17) is 4.98 Å². The molecular weight excluding hydrogens is 476 g/mol. The lowest BCUT2D eigenvalue weighted by Gasteiger charge is -2.39. The quantitative estimate of drug-likeness (QED) is 0.529. The Morgan fingerprint density at radius 2 is 1.74 bits per heavy atom. The van der Waals surface area contributed by atoms with Gasteiger partial charge in [0.15, 0.2) is 5.82 Å². The Bertz CT molecular complexity index is 1300. The summed E-state index contributed by atoms with van der Waals surface area (Å²) in [6.45, 7) is 10.2. The average Bonchev–Trinajstić information content (AvgIpc) is 2.94. The van der Waals surface area contributed by atoms with E-state index in [-0.39, 0.29) is 17.9 Å². The Hall–Kier alpha value is -3.91. The van der Waals surface area contributed by atoms with E-state index in [9.17, 15) is 9.59 Å². The second-order valence-electron chi connectivity index (χ2n) is 10.4. The summed E-state index contributed by atoms with van der Waals surface area (Å²) in [5.74, 6) is 1.51. The van der Waals surface area contributed by atoms with Gasteiger partial charge in [-0.15, -0.1) is 0 Å². The van der Waals surface area contributed by atoms with E-state index in [1.54, 1.807) is 11.9 Å². The first-order chi connectivity index (χ1) is 18.3. The zero-order valence-corrected chi connectivity index (χ0v) is 22.6. The minimum atomic E-state index is -0.340. The van der Waals surface area contributed by atoms with Crippen LogP contribution in [0.3, 0.4) is 0 Å². The van der Waals surface area contributed by atoms with Gasteiger partial charge in [0.2, 0.25) is 5.91 Å². The first-order valence-electron chi connectivity index (χ1n) is 13.3. The van der Waals surface area contributed by atoms with E-state index in [2.05, 4.69) is 41.1 Å². The van der Waals surface area contributed by atoms with Gasteiger partial charge in [-0.1, -0.05) is 36.4 Å². The Morgan fingerprint density at radius 3 is 2.45 bits per heavy atom. The Morgan fingerprint density at radius 1 is 1.00 bits per heavy atom. The number of benzene rings is 2. The van der Waals surface area contributed by atoms with Crippen molar-refractivity contribution in [3.8, 4) is 0 Å². The largest absolute Gasteiger partial charge is 0.340 e. The van der Waals surface area contributed by atoms with Crippen molar-refractivity contribution in [3.05, 3.63) is 77.9 Å². The van der Waals surface area contributed by atoms with Gasteiger partial charge in [-0.25, -0.2) is 4.98 Å². The highest BCUT2D eigenvalue weighted by Crippen LogP contribution is 2.36. The number of hydrogen-bond donors (Lipinski definition) is 1. The molecule has 1 aromatic heterocycles. The molecule has 1 saturated heterocycles. The smallest absolute Gasteiger partial charge is 0.254 e. The lowest BCUT2D eigenvalue weighted by atomic mass is 10.1. The van der Waals surface area contributed by atoms with Crippen LogP contribution < -0.4 is 15.1 Å². The minimum absolute atomic E-state index is 0.0383. The monoisotopic (exact) mass is 512 g/mol. The molecular formula is C30H36N6O2. The van der Waals surface area contributed by atoms with E-state index >= 15 is 0 Å². The highest BCUT2D eigenvalue weighted by Gasteiger charge is 2.35. The van der Waals surface area contributed by atoms with E-state index < -0.39 is 0 Å². The fourth-order valence-electron chi connectivity index (χ4n) is 5.19. The molecule has 2 aliphatic heterocycles. The lowest BCUT2D eigenvalue weighted by molar-refractivity contribution is -0.119. The van der Waals surface area contributed by atoms with Crippen LogP contribution in [-0.2, 0) is 11.3 Å². The zero-order chi connectivity index (χ0) is 26.8. The number of nitrogens with zero attached hydrogens (tertiary/aromatic N) is 5. The predicted molar refractivity (Wildman–Crippen MR) is 152 cm³/mol. The third-order valence-corrected chi connectivity index (χ3v) is 7.55. The Kier molecular flexibility index (Phi) is 7.33. The van der Waals surface area contributed by atoms with Gasteiger partial charge in [0.25, 0.3) is 5.91 Å². The van der Waals surface area contributed by atoms with E-state index in [0.29, 0.717) is 24.0 Å². The van der Waals surface area contributed by atoms with Crippen LogP contribution in [0.5, 0.6) is 0 Å². The number of nitrogens with one attached hydrogen (secondary N) is 1. The van der Waals surface area contributed by atoms with Crippen molar-refractivity contribution in [2.24, 2.45) is 0 Å². The third-order valence-electron chi connectivity index (χ3n) is 7.55. The van der Waals surface area contributed by atoms with Crippen molar-refractivity contribution in [1.29, 1.82) is 0 Å². The van der Waals surface area contributed by atoms with E-state index in [1.807, 2.05) is 66.4 Å². The van der Waals surface area contributed by atoms with Gasteiger partial charge in [-0.2, -0.15) is 0 Å². The maximum absolute atomic E-state index is 13.2. The summed E-state index contributed by atoms with van der Waals surface area (Å²) in [6.07, 6.45) is 0. The average molecular weight is 513 g/mol. The molecule has 0 bridgehead atoms. The molecule has 38 heavy (non-hydrogen) atoms. The van der Waals surface area contributed by atoms with Crippen molar-refractivity contribution in [3.63, 3.8) is 0 Å². The fraction of sp³-hybridized carbons (Fsp3) is 0.367. The fourth-order valence-corrected chi connectivity index (χ4v) is 5.19. The summed E-state index contributed by atoms with van der Waals surface area (Å²) in [6, 6.07) is 21.7. The molecule has 0 radical (unpaired) electrons. The van der Waals surface area contributed by atoms with E-state index in [1.165, 1.54) is 0 Å². The van der Waals surface area contributed by atoms with E-state index in [0.717, 1.165) is 48.9 Å². The van der Waals surface area contributed by atoms with Gasteiger partial charge in [-0.05, 0) is 56.7 Å². The first-order valence-corrected chi connectivity index (χ1v) is 13.3. The predicted octanol–water partition coefficient (Wildman–Crippen LogP) is 4.36. The number of fused-ring (bicyclic) bond motifs is 1. The molecule has 0 saturated carbocycles. The maximum Gasteiger partial charge on any atom is 0.254 e. The van der Waals surface area contributed by atoms with Crippen LogP contribution in [0.15, 0.2) is 66.7 Å². The molecule has 2 aliphatic rings. The Balaban J connectivity index is 1.36. The van der Waals surface area contributed by atoms with Crippen LogP contribution in [0.2, 0.25) is 0 Å². The van der Waals surface area contributed by atoms with Gasteiger partial charge in [-0.3, -0.25) is 14.5 Å². The normalized spacial score (nSPS) is 18.1. The molecule has 0 aliphatic carbocycles. The van der Waals surface area contributed by atoms with Gasteiger partial charge < -0.3 is 20.0 Å². The van der Waals surface area contributed by atoms with Crippen LogP contribution in [0.25, 0.3) is 0 Å². The molecule has 3 aromatic rings. The molecule has 0 unspecified atom stereocenters. The van der Waals surface area contributed by atoms with Gasteiger partial charge in [0, 0.05) is 57.1 Å². The number of hydrogen-bond acceptors (Lipinski definition) is 6. The number of anilines is 4. The number of amides is 2. The molecule has 8 nitrogen and oxygen atoms in total. The summed E-state index contributed by atoms with van der Waals surface area (Å²) in [7, 11) is 1.79. The van der Waals surface area contributed by atoms with Crippen LogP contribution in [0, 0.1) is 0 Å². The number of rotatable bonds is 6. The molecule has 198 valence electrons. The van der Waals surface area contributed by atoms with Gasteiger partial charge >= 0.3 is 0 Å². The van der Waals surface area contributed by atoms with Crippen LogP contribution in [-0.4, -0.2) is 71.9 Å². The number of carbonyl (C=O) groups is 2. The number of likely N-dealkylation sites (N-methyl/N-ethyl adjacent to an activating group) is 1. The second kappa shape index (κ2) is 10.8. The highest BCUT2D eigenvalue weighted by molar-refractivity contribution is 6.04. The molecule has 1 atom stereocenters. The number of carbonyl (C=O) groups excluding carboxylic acids is 2. The topological polar surface area (TPSA) is 72.0 Å². The lowest BCUT2D eigenvalue weighted by Crippen LogP contribution is -2.50. The molecule has 2 amide bonds. The zero-order valence-electron chi connectivity index (χ0n) is 22.6. The minimum Gasteiger partial charge on any atom is -0.340 e. The molecule has 2 aromatic carbocycles. The molecule has 5 rings (SSSR count). The summed E-state index contributed by atoms with van der Waals surface area (Å²) < 4.78 is 0. The number of piperazine rings is 1. The molecule has 1 N–H and O–H groups in total. The van der Waals surface area contributed by atoms with Crippen LogP contribution in [0.1, 0.15) is 36.7 Å². The summed E-state index contributed by atoms with van der Waals surface area (Å²) >= 11 is 0. The van der Waals surface area contributed by atoms with Crippen LogP contribution in [0.4, 0.5) is 23.0 Å². The molecule has 3 heterocycles. The maximum atomic E-state index is 13.2. The van der Waals surface area contributed by atoms with Crippen molar-refractivity contribution in [2.45, 2.75) is 39.4 Å². The highest BCUT2D eigenvalue weighted by atomic mass is 16.2. The summed E-state index contributed by atoms with van der Waals surface area (Å²) in [5.41, 5.74) is 3.35. The van der Waals surface area contributed by atoms with Gasteiger partial charge in [0.1, 0.15) is 11.9 Å². The van der Waals surface area contributed by atoms with Crippen molar-refractivity contribution < 1.29 is 9.59 Å². The first kappa shape index (κ1) is 25.7. The summed E-state index contributed by atoms with van der Waals surface area (Å²) in [4.78, 5) is 39.2. The van der Waals surface area contributed by atoms with Crippen LogP contribution >= 0.6 is 0 Å². The SMILES string of the molecule is CC(C)N1CCN(C(=O)c2cccc(Nc3ccc4c(n3)N(Cc3ccccc3)[C@H](C)C(=O)N4C)c2)CC1. The van der Waals surface area contributed by atoms with Crippen molar-refractivity contribution >= 4 is 34.8 Å². The second-order valence-corrected chi connectivity index (χ2v) is 10.4. The summed E-state index contributed by atoms with van der Waals surface area (Å²) in [5, 5.41) is 3.38. The third kappa shape index (κ3) is 5.22. The Labute approximate surface area is 224 Å². The standard InChI is InChI=1S/C30H36N6O2/c1-21(2)34-15-17-35(18-16-34)30(38)24-11-8-12-25(19-24)31-27-14-13-26-28(32-27)36(22(3)29(37)33(26)4)20-23-9-6-5-7-10-23/h5-14,19,21-22H,15-18,20H2,1-4H3,(H,31,32)/t22-/m1/s1.